The van der Waals surface area contributed by atoms with Crippen molar-refractivity contribution < 1.29 is 15.0 Å². The summed E-state index contributed by atoms with van der Waals surface area (Å²) < 4.78 is 0. The van der Waals surface area contributed by atoms with Gasteiger partial charge in [0.05, 0.1) is 17.4 Å². The first-order valence-corrected chi connectivity index (χ1v) is 6.61. The maximum Gasteiger partial charge on any atom is 0.258 e. The molecule has 1 saturated heterocycles. The van der Waals surface area contributed by atoms with Crippen molar-refractivity contribution in [2.24, 2.45) is 0 Å². The van der Waals surface area contributed by atoms with Crippen LogP contribution in [-0.2, 0) is 0 Å². The Kier molecular flexibility index (Phi) is 4.15. The minimum Gasteiger partial charge on any atom is -0.505 e. The van der Waals surface area contributed by atoms with Crippen LogP contribution in [0, 0.1) is 0 Å². The number of nitrogens with zero attached hydrogens (tertiary/aromatic N) is 2. The van der Waals surface area contributed by atoms with Crippen molar-refractivity contribution in [3.8, 4) is 5.75 Å². The zero-order chi connectivity index (χ0) is 14.9. The van der Waals surface area contributed by atoms with Gasteiger partial charge in [-0.2, -0.15) is 0 Å². The van der Waals surface area contributed by atoms with Gasteiger partial charge in [-0.05, 0) is 32.6 Å². The van der Waals surface area contributed by atoms with Crippen LogP contribution in [-0.4, -0.2) is 65.3 Å². The maximum absolute atomic E-state index is 12.5. The molecular formula is C14H21N3O3. The summed E-state index contributed by atoms with van der Waals surface area (Å²) in [7, 11) is 3.84. The molecule has 0 radical (unpaired) electrons. The predicted octanol–water partition coefficient (Wildman–Crippen LogP) is 0.111. The van der Waals surface area contributed by atoms with Crippen molar-refractivity contribution in [2.45, 2.75) is 18.6 Å². The fourth-order valence-corrected chi connectivity index (χ4v) is 2.62. The molecule has 1 amide bonds. The Morgan fingerprint density at radius 2 is 2.20 bits per heavy atom. The van der Waals surface area contributed by atoms with E-state index >= 15 is 0 Å². The van der Waals surface area contributed by atoms with Crippen molar-refractivity contribution in [1.82, 2.24) is 9.80 Å². The van der Waals surface area contributed by atoms with Crippen molar-refractivity contribution in [2.75, 3.05) is 32.9 Å². The number of carbonyl (C=O) groups is 1. The van der Waals surface area contributed by atoms with E-state index in [-0.39, 0.29) is 35.5 Å². The van der Waals surface area contributed by atoms with E-state index in [0.717, 1.165) is 0 Å². The van der Waals surface area contributed by atoms with Gasteiger partial charge in [-0.3, -0.25) is 4.79 Å². The quantitative estimate of drug-likeness (QED) is 0.540. The van der Waals surface area contributed by atoms with Gasteiger partial charge in [0.15, 0.2) is 5.75 Å². The minimum atomic E-state index is -0.521. The average molecular weight is 279 g/mol. The number of hydrogen-bond donors (Lipinski definition) is 3. The first-order chi connectivity index (χ1) is 9.40. The Balaban J connectivity index is 2.24. The number of carbonyl (C=O) groups excluding carboxylic acids is 1. The number of para-hydroxylation sites is 1. The van der Waals surface area contributed by atoms with Crippen LogP contribution in [0.4, 0.5) is 5.69 Å². The van der Waals surface area contributed by atoms with Crippen LogP contribution in [0.15, 0.2) is 18.2 Å². The van der Waals surface area contributed by atoms with Crippen LogP contribution in [0.3, 0.4) is 0 Å². The monoisotopic (exact) mass is 279 g/mol. The molecule has 1 heterocycles. The Hall–Kier alpha value is -1.79. The van der Waals surface area contributed by atoms with Gasteiger partial charge >= 0.3 is 0 Å². The molecule has 0 saturated carbocycles. The summed E-state index contributed by atoms with van der Waals surface area (Å²) in [5.74, 6) is -0.485. The number of phenols is 1. The first kappa shape index (κ1) is 14.6. The number of benzene rings is 1. The Bertz CT molecular complexity index is 504. The Labute approximate surface area is 118 Å². The second kappa shape index (κ2) is 5.68. The smallest absolute Gasteiger partial charge is 0.258 e. The number of aliphatic hydroxyl groups is 1. The van der Waals surface area contributed by atoms with Gasteiger partial charge < -0.3 is 25.7 Å². The molecule has 1 aliphatic heterocycles. The van der Waals surface area contributed by atoms with E-state index in [1.807, 2.05) is 19.0 Å². The summed E-state index contributed by atoms with van der Waals surface area (Å²) in [6, 6.07) is 4.66. The van der Waals surface area contributed by atoms with Crippen molar-refractivity contribution in [1.29, 1.82) is 0 Å². The topological polar surface area (TPSA) is 90.0 Å². The number of hydrogen-bond acceptors (Lipinski definition) is 5. The summed E-state index contributed by atoms with van der Waals surface area (Å²) in [6.45, 7) is 0.956. The van der Waals surface area contributed by atoms with Gasteiger partial charge in [-0.1, -0.05) is 6.07 Å². The number of nitrogens with two attached hydrogens (primary N) is 1. The third-order valence-electron chi connectivity index (χ3n) is 3.53. The summed E-state index contributed by atoms with van der Waals surface area (Å²) in [5, 5.41) is 19.7. The molecule has 20 heavy (non-hydrogen) atoms. The minimum absolute atomic E-state index is 0.0617. The molecule has 0 spiro atoms. The molecule has 2 unspecified atom stereocenters. The number of amides is 1. The number of likely N-dealkylation sites (tertiary alicyclic amines) is 1. The summed E-state index contributed by atoms with van der Waals surface area (Å²) in [5.41, 5.74) is 5.98. The fourth-order valence-electron chi connectivity index (χ4n) is 2.62. The lowest BCUT2D eigenvalue weighted by Crippen LogP contribution is -2.41. The number of nitrogen functional groups attached to an aromatic ring is 1. The predicted molar refractivity (Wildman–Crippen MR) is 76.5 cm³/mol. The molecule has 6 heteroatoms. The third kappa shape index (κ3) is 2.86. The van der Waals surface area contributed by atoms with Crippen LogP contribution in [0.25, 0.3) is 0 Å². The van der Waals surface area contributed by atoms with Crippen LogP contribution in [0.5, 0.6) is 5.75 Å². The molecule has 1 aromatic carbocycles. The molecule has 0 aliphatic carbocycles. The molecule has 2 rings (SSSR count). The van der Waals surface area contributed by atoms with Crippen LogP contribution >= 0.6 is 0 Å². The third-order valence-corrected chi connectivity index (χ3v) is 3.53. The van der Waals surface area contributed by atoms with E-state index in [0.29, 0.717) is 13.0 Å². The van der Waals surface area contributed by atoms with E-state index in [2.05, 4.69) is 0 Å². The van der Waals surface area contributed by atoms with Gasteiger partial charge in [0.2, 0.25) is 0 Å². The molecule has 0 aromatic heterocycles. The number of anilines is 1. The Morgan fingerprint density at radius 1 is 1.50 bits per heavy atom. The number of phenolic OH excluding ortho intramolecular Hbond substituents is 1. The lowest BCUT2D eigenvalue weighted by atomic mass is 10.1. The van der Waals surface area contributed by atoms with Gasteiger partial charge in [0.25, 0.3) is 5.91 Å². The van der Waals surface area contributed by atoms with Crippen LogP contribution in [0.2, 0.25) is 0 Å². The lowest BCUT2D eigenvalue weighted by molar-refractivity contribution is 0.0696. The molecule has 2 atom stereocenters. The molecular weight excluding hydrogens is 258 g/mol. The van der Waals surface area contributed by atoms with Crippen molar-refractivity contribution in [3.05, 3.63) is 23.8 Å². The summed E-state index contributed by atoms with van der Waals surface area (Å²) in [6.07, 6.45) is 0.0274. The highest BCUT2D eigenvalue weighted by atomic mass is 16.3. The molecule has 1 aliphatic rings. The Morgan fingerprint density at radius 3 is 2.85 bits per heavy atom. The van der Waals surface area contributed by atoms with Crippen molar-refractivity contribution >= 4 is 11.6 Å². The van der Waals surface area contributed by atoms with Crippen LogP contribution < -0.4 is 5.73 Å². The molecule has 4 N–H and O–H groups in total. The summed E-state index contributed by atoms with van der Waals surface area (Å²) in [4.78, 5) is 16.1. The van der Waals surface area contributed by atoms with Gasteiger partial charge in [0.1, 0.15) is 0 Å². The highest BCUT2D eigenvalue weighted by molar-refractivity contribution is 5.98. The average Bonchev–Trinajstić information content (AvgIpc) is 2.72. The number of rotatable bonds is 3. The van der Waals surface area contributed by atoms with Gasteiger partial charge in [-0.15, -0.1) is 0 Å². The summed E-state index contributed by atoms with van der Waals surface area (Å²) >= 11 is 0. The second-order valence-electron chi connectivity index (χ2n) is 5.51. The standard InChI is InChI=1S/C14H21N3O3/c1-16(2)7-9-6-10(18)8-17(9)14(20)11-4-3-5-12(15)13(11)19/h3-5,9-10,18-19H,6-8,15H2,1-2H3. The number of aliphatic hydroxyl groups excluding tert-OH is 1. The maximum atomic E-state index is 12.5. The van der Waals surface area contributed by atoms with Crippen molar-refractivity contribution in [3.63, 3.8) is 0 Å². The molecule has 0 bridgehead atoms. The second-order valence-corrected chi connectivity index (χ2v) is 5.51. The SMILES string of the molecule is CN(C)CC1CC(O)CN1C(=O)c1cccc(N)c1O. The number of aromatic hydroxyl groups is 1. The van der Waals surface area contributed by atoms with E-state index in [1.54, 1.807) is 23.1 Å². The fraction of sp³-hybridized carbons (Fsp3) is 0.500. The van der Waals surface area contributed by atoms with E-state index in [9.17, 15) is 15.0 Å². The molecule has 110 valence electrons. The highest BCUT2D eigenvalue weighted by Gasteiger charge is 2.35. The first-order valence-electron chi connectivity index (χ1n) is 6.61. The van der Waals surface area contributed by atoms with E-state index in [1.165, 1.54) is 0 Å². The van der Waals surface area contributed by atoms with Gasteiger partial charge in [-0.25, -0.2) is 0 Å². The van der Waals surface area contributed by atoms with Crippen LogP contribution in [0.1, 0.15) is 16.8 Å². The molecule has 1 aromatic rings. The number of β-amino-alcohol motifs (C(OH)–C–C–N with tert-alkyl or cyclic N) is 1. The zero-order valence-electron chi connectivity index (χ0n) is 11.8. The lowest BCUT2D eigenvalue weighted by Gasteiger charge is -2.27. The number of likely N-dealkylation sites (N-methyl/N-ethyl adjacent to an activating group) is 1. The van der Waals surface area contributed by atoms with E-state index in [4.69, 9.17) is 5.73 Å². The molecule has 1 fully saturated rings. The normalized spacial score (nSPS) is 22.5. The zero-order valence-corrected chi connectivity index (χ0v) is 11.8. The highest BCUT2D eigenvalue weighted by Crippen LogP contribution is 2.28. The largest absolute Gasteiger partial charge is 0.505 e. The van der Waals surface area contributed by atoms with E-state index < -0.39 is 6.10 Å². The molecule has 6 nitrogen and oxygen atoms in total. The van der Waals surface area contributed by atoms with Gasteiger partial charge in [0, 0.05) is 19.1 Å².